The van der Waals surface area contributed by atoms with E-state index in [1.54, 1.807) is 4.90 Å². The van der Waals surface area contributed by atoms with E-state index in [-0.39, 0.29) is 35.2 Å². The van der Waals surface area contributed by atoms with E-state index in [0.717, 1.165) is 6.26 Å². The number of benzene rings is 1. The molecule has 2 aliphatic rings. The lowest BCUT2D eigenvalue weighted by molar-refractivity contribution is 0.0678. The maximum atomic E-state index is 13.8. The largest absolute Gasteiger partial charge is 0.494 e. The molecule has 7 nitrogen and oxygen atoms in total. The molecule has 1 amide bonds. The summed E-state index contributed by atoms with van der Waals surface area (Å²) in [6.45, 7) is 1.65. The Kier molecular flexibility index (Phi) is 4.99. The highest BCUT2D eigenvalue weighted by atomic mass is 32.2. The first-order chi connectivity index (χ1) is 11.8. The zero-order valence-electron chi connectivity index (χ0n) is 14.1. The molecule has 1 aromatic rings. The van der Waals surface area contributed by atoms with Crippen LogP contribution in [-0.2, 0) is 14.8 Å². The number of hydrogen-bond donors (Lipinski definition) is 1. The number of fused-ring (bicyclic) bond motifs is 1. The van der Waals surface area contributed by atoms with Gasteiger partial charge in [-0.3, -0.25) is 4.79 Å². The third kappa shape index (κ3) is 3.94. The smallest absolute Gasteiger partial charge is 0.254 e. The summed E-state index contributed by atoms with van der Waals surface area (Å²) in [5, 5.41) is 0. The summed E-state index contributed by atoms with van der Waals surface area (Å²) in [5.74, 6) is -0.676. The van der Waals surface area contributed by atoms with Crippen LogP contribution in [0.1, 0.15) is 10.4 Å². The predicted octanol–water partition coefficient (Wildman–Crippen LogP) is 0.471. The molecule has 138 valence electrons. The Balaban J connectivity index is 1.66. The van der Waals surface area contributed by atoms with Gasteiger partial charge in [0.2, 0.25) is 10.0 Å². The molecule has 2 saturated heterocycles. The van der Waals surface area contributed by atoms with Gasteiger partial charge in [0.05, 0.1) is 26.1 Å². The van der Waals surface area contributed by atoms with Crippen molar-refractivity contribution in [2.75, 3.05) is 39.6 Å². The number of rotatable bonds is 5. The van der Waals surface area contributed by atoms with Crippen LogP contribution in [0.3, 0.4) is 0 Å². The minimum absolute atomic E-state index is 0.0186. The van der Waals surface area contributed by atoms with Gasteiger partial charge in [0.25, 0.3) is 5.91 Å². The van der Waals surface area contributed by atoms with E-state index in [1.807, 2.05) is 0 Å². The van der Waals surface area contributed by atoms with Crippen LogP contribution in [0.4, 0.5) is 4.39 Å². The molecule has 2 aliphatic heterocycles. The minimum Gasteiger partial charge on any atom is -0.494 e. The molecule has 2 heterocycles. The van der Waals surface area contributed by atoms with Crippen LogP contribution < -0.4 is 9.46 Å². The van der Waals surface area contributed by atoms with Crippen LogP contribution >= 0.6 is 0 Å². The lowest BCUT2D eigenvalue weighted by Crippen LogP contribution is -2.35. The van der Waals surface area contributed by atoms with Crippen molar-refractivity contribution < 1.29 is 27.1 Å². The first-order valence-corrected chi connectivity index (χ1v) is 9.86. The van der Waals surface area contributed by atoms with Crippen LogP contribution in [0, 0.1) is 17.7 Å². The van der Waals surface area contributed by atoms with Gasteiger partial charge in [0.1, 0.15) is 0 Å². The fourth-order valence-corrected chi connectivity index (χ4v) is 3.93. The summed E-state index contributed by atoms with van der Waals surface area (Å²) >= 11 is 0. The topological polar surface area (TPSA) is 84.9 Å². The fraction of sp³-hybridized carbons (Fsp3) is 0.562. The summed E-state index contributed by atoms with van der Waals surface area (Å²) in [4.78, 5) is 14.2. The number of methoxy groups -OCH3 is 1. The van der Waals surface area contributed by atoms with Crippen molar-refractivity contribution in [3.05, 3.63) is 29.6 Å². The first kappa shape index (κ1) is 18.1. The van der Waals surface area contributed by atoms with Gasteiger partial charge >= 0.3 is 0 Å². The van der Waals surface area contributed by atoms with Gasteiger partial charge in [0, 0.05) is 37.0 Å². The van der Waals surface area contributed by atoms with Crippen LogP contribution in [0.5, 0.6) is 5.75 Å². The van der Waals surface area contributed by atoms with Gasteiger partial charge in [-0.2, -0.15) is 0 Å². The molecule has 0 aliphatic carbocycles. The van der Waals surface area contributed by atoms with Crippen molar-refractivity contribution in [2.45, 2.75) is 6.10 Å². The zero-order valence-corrected chi connectivity index (χ0v) is 14.9. The van der Waals surface area contributed by atoms with E-state index >= 15 is 0 Å². The van der Waals surface area contributed by atoms with Gasteiger partial charge < -0.3 is 14.4 Å². The zero-order chi connectivity index (χ0) is 18.2. The van der Waals surface area contributed by atoms with E-state index in [9.17, 15) is 17.6 Å². The van der Waals surface area contributed by atoms with Crippen LogP contribution in [0.2, 0.25) is 0 Å². The van der Waals surface area contributed by atoms with E-state index in [2.05, 4.69) is 4.72 Å². The molecule has 1 aromatic carbocycles. The standard InChI is InChI=1S/C16H21FN2O5S/c1-23-14-4-3-10(5-13(14)17)16(20)19-7-12-11(6-18-25(2,21)22)9-24-15(12)8-19/h3-5,11-12,15,18H,6-9H2,1-2H3/t11-,12+,15+/m0/s1. The lowest BCUT2D eigenvalue weighted by atomic mass is 9.93. The first-order valence-electron chi connectivity index (χ1n) is 7.97. The van der Waals surface area contributed by atoms with E-state index in [4.69, 9.17) is 9.47 Å². The summed E-state index contributed by atoms with van der Waals surface area (Å²) in [7, 11) is -1.90. The molecule has 0 saturated carbocycles. The molecule has 3 rings (SSSR count). The van der Waals surface area contributed by atoms with E-state index < -0.39 is 15.8 Å². The molecule has 3 atom stereocenters. The van der Waals surface area contributed by atoms with Gasteiger partial charge in [-0.05, 0) is 18.2 Å². The second-order valence-corrected chi connectivity index (χ2v) is 8.31. The Hall–Kier alpha value is -1.71. The fourth-order valence-electron chi connectivity index (χ4n) is 3.42. The van der Waals surface area contributed by atoms with Crippen molar-refractivity contribution in [2.24, 2.45) is 11.8 Å². The number of ether oxygens (including phenoxy) is 2. The Morgan fingerprint density at radius 1 is 1.44 bits per heavy atom. The SMILES string of the molecule is COc1ccc(C(=O)N2C[C@@H]3[C@@H](CNS(C)(=O)=O)CO[C@@H]3C2)cc1F. The Labute approximate surface area is 146 Å². The quantitative estimate of drug-likeness (QED) is 0.812. The van der Waals surface area contributed by atoms with E-state index in [0.29, 0.717) is 26.2 Å². The molecular formula is C16H21FN2O5S. The predicted molar refractivity (Wildman–Crippen MR) is 88.4 cm³/mol. The molecule has 0 spiro atoms. The van der Waals surface area contributed by atoms with Crippen molar-refractivity contribution in [1.82, 2.24) is 9.62 Å². The molecule has 1 N–H and O–H groups in total. The number of halogens is 1. The Morgan fingerprint density at radius 3 is 2.84 bits per heavy atom. The van der Waals surface area contributed by atoms with Crippen LogP contribution in [0.25, 0.3) is 0 Å². The van der Waals surface area contributed by atoms with Crippen LogP contribution in [-0.4, -0.2) is 64.9 Å². The van der Waals surface area contributed by atoms with Crippen molar-refractivity contribution in [3.8, 4) is 5.75 Å². The second kappa shape index (κ2) is 6.89. The van der Waals surface area contributed by atoms with Gasteiger partial charge in [-0.15, -0.1) is 0 Å². The Morgan fingerprint density at radius 2 is 2.20 bits per heavy atom. The lowest BCUT2D eigenvalue weighted by Gasteiger charge is -2.20. The number of sulfonamides is 1. The highest BCUT2D eigenvalue weighted by molar-refractivity contribution is 7.88. The minimum atomic E-state index is -3.26. The number of hydrogen-bond acceptors (Lipinski definition) is 5. The molecular weight excluding hydrogens is 351 g/mol. The average molecular weight is 372 g/mol. The monoisotopic (exact) mass is 372 g/mol. The van der Waals surface area contributed by atoms with Crippen molar-refractivity contribution >= 4 is 15.9 Å². The van der Waals surface area contributed by atoms with Gasteiger partial charge in [-0.1, -0.05) is 0 Å². The third-order valence-corrected chi connectivity index (χ3v) is 5.42. The van der Waals surface area contributed by atoms with Crippen LogP contribution in [0.15, 0.2) is 18.2 Å². The maximum Gasteiger partial charge on any atom is 0.254 e. The van der Waals surface area contributed by atoms with Crippen molar-refractivity contribution in [1.29, 1.82) is 0 Å². The number of carbonyl (C=O) groups is 1. The second-order valence-electron chi connectivity index (χ2n) is 6.48. The summed E-state index contributed by atoms with van der Waals surface area (Å²) < 4.78 is 49.4. The number of nitrogens with one attached hydrogen (secondary N) is 1. The van der Waals surface area contributed by atoms with E-state index in [1.165, 1.54) is 25.3 Å². The molecule has 9 heteroatoms. The normalized spacial score (nSPS) is 25.9. The molecule has 2 fully saturated rings. The number of carbonyl (C=O) groups excluding carboxylic acids is 1. The summed E-state index contributed by atoms with van der Waals surface area (Å²) in [6, 6.07) is 4.12. The molecule has 0 unspecified atom stereocenters. The molecule has 0 radical (unpaired) electrons. The maximum absolute atomic E-state index is 13.8. The molecule has 0 bridgehead atoms. The molecule has 0 aromatic heterocycles. The highest BCUT2D eigenvalue weighted by Gasteiger charge is 2.45. The summed E-state index contributed by atoms with van der Waals surface area (Å²) in [5.41, 5.74) is 0.254. The van der Waals surface area contributed by atoms with Gasteiger partial charge in [-0.25, -0.2) is 17.5 Å². The third-order valence-electron chi connectivity index (χ3n) is 4.73. The number of nitrogens with zero attached hydrogens (tertiary/aromatic N) is 1. The molecule has 25 heavy (non-hydrogen) atoms. The van der Waals surface area contributed by atoms with Crippen molar-refractivity contribution in [3.63, 3.8) is 0 Å². The number of likely N-dealkylation sites (tertiary alicyclic amines) is 1. The van der Waals surface area contributed by atoms with Gasteiger partial charge in [0.15, 0.2) is 11.6 Å². The average Bonchev–Trinajstić information content (AvgIpc) is 3.12. The Bertz CT molecular complexity index is 770. The highest BCUT2D eigenvalue weighted by Crippen LogP contribution is 2.34. The number of amides is 1. The summed E-state index contributed by atoms with van der Waals surface area (Å²) in [6.07, 6.45) is 1.00.